The average molecular weight is 308 g/mol. The predicted molar refractivity (Wildman–Crippen MR) is 87.0 cm³/mol. The zero-order valence-corrected chi connectivity index (χ0v) is 12.6. The van der Waals surface area contributed by atoms with Gasteiger partial charge in [0.1, 0.15) is 11.5 Å². The molecule has 1 N–H and O–H groups in total. The van der Waals surface area contributed by atoms with Gasteiger partial charge >= 0.3 is 5.63 Å². The van der Waals surface area contributed by atoms with Crippen molar-refractivity contribution in [1.29, 1.82) is 0 Å². The summed E-state index contributed by atoms with van der Waals surface area (Å²) in [6.07, 6.45) is 1.19. The van der Waals surface area contributed by atoms with Crippen molar-refractivity contribution in [2.45, 2.75) is 5.92 Å². The van der Waals surface area contributed by atoms with Crippen LogP contribution in [0.25, 0.3) is 0 Å². The number of rotatable bonds is 4. The second kappa shape index (κ2) is 6.40. The van der Waals surface area contributed by atoms with E-state index in [1.165, 1.54) is 12.3 Å². The molecule has 4 heteroatoms. The van der Waals surface area contributed by atoms with Crippen LogP contribution in [0.2, 0.25) is 0 Å². The Balaban J connectivity index is 2.20. The topological polar surface area (TPSA) is 59.7 Å². The van der Waals surface area contributed by atoms with Crippen LogP contribution in [-0.4, -0.2) is 12.2 Å². The van der Waals surface area contributed by atoms with Crippen molar-refractivity contribution in [3.8, 4) is 11.5 Å². The number of ether oxygens (including phenoxy) is 1. The third-order valence-electron chi connectivity index (χ3n) is 3.77. The summed E-state index contributed by atoms with van der Waals surface area (Å²) < 4.78 is 10.1. The lowest BCUT2D eigenvalue weighted by Gasteiger charge is -2.18. The summed E-state index contributed by atoms with van der Waals surface area (Å²) in [6.45, 7) is 0. The lowest BCUT2D eigenvalue weighted by Crippen LogP contribution is -2.14. The Hall–Kier alpha value is -3.01. The van der Waals surface area contributed by atoms with Gasteiger partial charge in [0.15, 0.2) is 0 Å². The molecule has 4 nitrogen and oxygen atoms in total. The highest BCUT2D eigenvalue weighted by Crippen LogP contribution is 2.35. The second-order valence-electron chi connectivity index (χ2n) is 5.12. The third kappa shape index (κ3) is 2.97. The summed E-state index contributed by atoms with van der Waals surface area (Å²) in [6, 6.07) is 18.3. The van der Waals surface area contributed by atoms with Crippen molar-refractivity contribution >= 4 is 0 Å². The molecular formula is C19H16O4. The molecule has 0 fully saturated rings. The van der Waals surface area contributed by atoms with E-state index in [-0.39, 0.29) is 11.3 Å². The van der Waals surface area contributed by atoms with Gasteiger partial charge < -0.3 is 14.3 Å². The highest BCUT2D eigenvalue weighted by atomic mass is 16.5. The highest BCUT2D eigenvalue weighted by molar-refractivity contribution is 5.47. The standard InChI is InChI=1S/C19H16O4/c1-22-15-9-7-14(8-10-15)17(13-5-3-2-4-6-13)18-16(20)11-12-23-19(18)21/h2-12,17,20H,1H3. The molecule has 3 aromatic rings. The van der Waals surface area contributed by atoms with Crippen LogP contribution in [-0.2, 0) is 0 Å². The van der Waals surface area contributed by atoms with Gasteiger partial charge in [-0.3, -0.25) is 0 Å². The van der Waals surface area contributed by atoms with E-state index in [9.17, 15) is 9.90 Å². The fourth-order valence-electron chi connectivity index (χ4n) is 2.65. The summed E-state index contributed by atoms with van der Waals surface area (Å²) in [5.74, 6) is 0.232. The van der Waals surface area contributed by atoms with Crippen LogP contribution in [0.4, 0.5) is 0 Å². The number of hydrogen-bond acceptors (Lipinski definition) is 4. The Morgan fingerprint density at radius 2 is 1.61 bits per heavy atom. The number of benzene rings is 2. The first-order valence-corrected chi connectivity index (χ1v) is 7.20. The van der Waals surface area contributed by atoms with Crippen LogP contribution in [0.3, 0.4) is 0 Å². The van der Waals surface area contributed by atoms with E-state index >= 15 is 0 Å². The monoisotopic (exact) mass is 308 g/mol. The third-order valence-corrected chi connectivity index (χ3v) is 3.77. The van der Waals surface area contributed by atoms with Crippen molar-refractivity contribution in [3.05, 3.63) is 94.0 Å². The minimum atomic E-state index is -0.547. The van der Waals surface area contributed by atoms with E-state index in [0.717, 1.165) is 16.9 Å². The molecule has 0 aliphatic rings. The van der Waals surface area contributed by atoms with Crippen molar-refractivity contribution < 1.29 is 14.3 Å². The van der Waals surface area contributed by atoms with E-state index < -0.39 is 11.5 Å². The van der Waals surface area contributed by atoms with Crippen LogP contribution in [0.1, 0.15) is 22.6 Å². The van der Waals surface area contributed by atoms with Gasteiger partial charge in [-0.05, 0) is 23.3 Å². The Morgan fingerprint density at radius 1 is 0.957 bits per heavy atom. The van der Waals surface area contributed by atoms with Crippen molar-refractivity contribution in [2.75, 3.05) is 7.11 Å². The Kier molecular flexibility index (Phi) is 4.15. The molecule has 3 rings (SSSR count). The fourth-order valence-corrected chi connectivity index (χ4v) is 2.65. The molecule has 0 aliphatic carbocycles. The van der Waals surface area contributed by atoms with Gasteiger partial charge in [-0.2, -0.15) is 0 Å². The molecule has 1 atom stereocenters. The second-order valence-corrected chi connectivity index (χ2v) is 5.12. The molecule has 0 saturated heterocycles. The van der Waals surface area contributed by atoms with E-state index in [1.54, 1.807) is 7.11 Å². The highest BCUT2D eigenvalue weighted by Gasteiger charge is 2.24. The average Bonchev–Trinajstić information content (AvgIpc) is 2.59. The maximum atomic E-state index is 12.2. The van der Waals surface area contributed by atoms with Crippen LogP contribution in [0.15, 0.2) is 76.1 Å². The van der Waals surface area contributed by atoms with Crippen molar-refractivity contribution in [2.24, 2.45) is 0 Å². The van der Waals surface area contributed by atoms with Gasteiger partial charge in [-0.15, -0.1) is 0 Å². The predicted octanol–water partition coefficient (Wildman–Crippen LogP) is 3.53. The SMILES string of the molecule is COc1ccc(C(c2ccccc2)c2c(O)ccoc2=O)cc1. The summed E-state index contributed by atoms with van der Waals surface area (Å²) in [7, 11) is 1.60. The van der Waals surface area contributed by atoms with Gasteiger partial charge in [0.2, 0.25) is 0 Å². The minimum Gasteiger partial charge on any atom is -0.507 e. The van der Waals surface area contributed by atoms with Gasteiger partial charge in [0.25, 0.3) is 0 Å². The molecule has 1 aromatic heterocycles. The molecule has 23 heavy (non-hydrogen) atoms. The molecule has 0 saturated carbocycles. The summed E-state index contributed by atoms with van der Waals surface area (Å²) >= 11 is 0. The van der Waals surface area contributed by atoms with Gasteiger partial charge in [-0.25, -0.2) is 4.79 Å². The Morgan fingerprint density at radius 3 is 2.22 bits per heavy atom. The van der Waals surface area contributed by atoms with Crippen LogP contribution in [0.5, 0.6) is 11.5 Å². The minimum absolute atomic E-state index is 0.0779. The van der Waals surface area contributed by atoms with Crippen LogP contribution >= 0.6 is 0 Å². The molecule has 0 radical (unpaired) electrons. The quantitative estimate of drug-likeness (QED) is 0.801. The van der Waals surface area contributed by atoms with E-state index in [0.29, 0.717) is 0 Å². The smallest absolute Gasteiger partial charge is 0.343 e. The molecular weight excluding hydrogens is 292 g/mol. The summed E-state index contributed by atoms with van der Waals surface area (Å²) in [5, 5.41) is 10.2. The maximum Gasteiger partial charge on any atom is 0.343 e. The molecule has 0 bridgehead atoms. The first-order chi connectivity index (χ1) is 11.2. The molecule has 0 spiro atoms. The lowest BCUT2D eigenvalue weighted by molar-refractivity contribution is 0.414. The van der Waals surface area contributed by atoms with Crippen molar-refractivity contribution in [1.82, 2.24) is 0 Å². The maximum absolute atomic E-state index is 12.2. The van der Waals surface area contributed by atoms with Crippen LogP contribution < -0.4 is 10.4 Å². The zero-order chi connectivity index (χ0) is 16.2. The van der Waals surface area contributed by atoms with Gasteiger partial charge in [-0.1, -0.05) is 42.5 Å². The van der Waals surface area contributed by atoms with E-state index in [4.69, 9.17) is 9.15 Å². The molecule has 0 aliphatic heterocycles. The largest absolute Gasteiger partial charge is 0.507 e. The van der Waals surface area contributed by atoms with Gasteiger partial charge in [0, 0.05) is 12.0 Å². The molecule has 2 aromatic carbocycles. The van der Waals surface area contributed by atoms with E-state index in [2.05, 4.69) is 0 Å². The number of aromatic hydroxyl groups is 1. The molecule has 1 heterocycles. The van der Waals surface area contributed by atoms with Crippen LogP contribution in [0, 0.1) is 0 Å². The van der Waals surface area contributed by atoms with Gasteiger partial charge in [0.05, 0.1) is 18.9 Å². The first-order valence-electron chi connectivity index (χ1n) is 7.20. The first kappa shape index (κ1) is 14.9. The molecule has 0 amide bonds. The normalized spacial score (nSPS) is 11.9. The summed E-state index contributed by atoms with van der Waals surface area (Å²) in [4.78, 5) is 12.2. The zero-order valence-electron chi connectivity index (χ0n) is 12.6. The summed E-state index contributed by atoms with van der Waals surface area (Å²) in [5.41, 5.74) is 1.44. The Bertz CT molecular complexity index is 835. The number of methoxy groups -OCH3 is 1. The number of hydrogen-bond donors (Lipinski definition) is 1. The molecule has 1 unspecified atom stereocenters. The lowest BCUT2D eigenvalue weighted by atomic mass is 9.85. The Labute approximate surface area is 133 Å². The van der Waals surface area contributed by atoms with E-state index in [1.807, 2.05) is 54.6 Å². The van der Waals surface area contributed by atoms with Crippen molar-refractivity contribution in [3.63, 3.8) is 0 Å². The molecule has 116 valence electrons. The fraction of sp³-hybridized carbons (Fsp3) is 0.105.